The van der Waals surface area contributed by atoms with Crippen LogP contribution in [0.3, 0.4) is 0 Å². The normalized spacial score (nSPS) is 11.3. The summed E-state index contributed by atoms with van der Waals surface area (Å²) < 4.78 is 6.56. The van der Waals surface area contributed by atoms with E-state index < -0.39 is 0 Å². The number of aromatic nitrogens is 2. The van der Waals surface area contributed by atoms with Crippen LogP contribution in [0.5, 0.6) is 5.75 Å². The minimum Gasteiger partial charge on any atom is -0.488 e. The van der Waals surface area contributed by atoms with Crippen molar-refractivity contribution >= 4 is 45.3 Å². The van der Waals surface area contributed by atoms with Gasteiger partial charge in [0.25, 0.3) is 0 Å². The molecule has 0 atom stereocenters. The van der Waals surface area contributed by atoms with Gasteiger partial charge in [-0.2, -0.15) is 5.26 Å². The second-order valence-electron chi connectivity index (χ2n) is 5.57. The average molecular weight is 441 g/mol. The van der Waals surface area contributed by atoms with Crippen LogP contribution in [0, 0.1) is 21.8 Å². The molecule has 0 aliphatic rings. The third-order valence-electron chi connectivity index (χ3n) is 3.64. The van der Waals surface area contributed by atoms with E-state index in [1.807, 2.05) is 49.4 Å². The quantitative estimate of drug-likeness (QED) is 0.340. The molecule has 1 heterocycles. The van der Waals surface area contributed by atoms with E-state index in [1.165, 1.54) is 0 Å². The molecule has 0 saturated heterocycles. The number of nitrogens with one attached hydrogen (secondary N) is 1. The van der Waals surface area contributed by atoms with Gasteiger partial charge < -0.3 is 9.72 Å². The fraction of sp³-hybridized carbons (Fsp3) is 0.100. The minimum absolute atomic E-state index is 0.465. The zero-order valence-corrected chi connectivity index (χ0v) is 15.9. The number of imidazole rings is 1. The summed E-state index contributed by atoms with van der Waals surface area (Å²) in [5.41, 5.74) is 4.34. The highest BCUT2D eigenvalue weighted by molar-refractivity contribution is 14.1. The Morgan fingerprint density at radius 3 is 2.92 bits per heavy atom. The summed E-state index contributed by atoms with van der Waals surface area (Å²) in [6.45, 7) is 6.14. The van der Waals surface area contributed by atoms with Crippen molar-refractivity contribution in [2.24, 2.45) is 0 Å². The van der Waals surface area contributed by atoms with Gasteiger partial charge in [-0.1, -0.05) is 24.8 Å². The van der Waals surface area contributed by atoms with Crippen molar-refractivity contribution < 1.29 is 4.74 Å². The number of aromatic amines is 1. The zero-order valence-electron chi connectivity index (χ0n) is 13.7. The molecule has 0 spiro atoms. The summed E-state index contributed by atoms with van der Waals surface area (Å²) in [4.78, 5) is 7.74. The predicted octanol–water partition coefficient (Wildman–Crippen LogP) is 5.10. The van der Waals surface area contributed by atoms with Crippen LogP contribution < -0.4 is 4.74 Å². The van der Waals surface area contributed by atoms with E-state index in [0.717, 1.165) is 31.5 Å². The lowest BCUT2D eigenvalue weighted by atomic mass is 10.1. The Morgan fingerprint density at radius 1 is 1.36 bits per heavy atom. The number of nitrogens with zero attached hydrogens (tertiary/aromatic N) is 2. The molecule has 2 aromatic carbocycles. The molecule has 25 heavy (non-hydrogen) atoms. The predicted molar refractivity (Wildman–Crippen MR) is 109 cm³/mol. The highest BCUT2D eigenvalue weighted by Crippen LogP contribution is 2.25. The average Bonchev–Trinajstić information content (AvgIpc) is 3.01. The Bertz CT molecular complexity index is 1010. The molecule has 0 bridgehead atoms. The molecule has 0 saturated carbocycles. The van der Waals surface area contributed by atoms with Crippen molar-refractivity contribution in [3.8, 4) is 11.8 Å². The summed E-state index contributed by atoms with van der Waals surface area (Å²) in [5.74, 6) is 1.38. The van der Waals surface area contributed by atoms with Gasteiger partial charge in [-0.05, 0) is 71.0 Å². The maximum absolute atomic E-state index is 9.54. The van der Waals surface area contributed by atoms with E-state index in [-0.39, 0.29) is 0 Å². The largest absolute Gasteiger partial charge is 0.488 e. The standard InChI is InChI=1S/C20H16IN3O/c1-3-8-25-19-7-5-14(11-16(19)21)10-15(12-22)20-23-17-6-4-13(2)9-18(17)24-20/h3-7,9-11H,1,8H2,2H3,(H,23,24). The fourth-order valence-corrected chi connectivity index (χ4v) is 3.14. The fourth-order valence-electron chi connectivity index (χ4n) is 2.44. The molecule has 1 N–H and O–H groups in total. The number of aryl methyl sites for hydroxylation is 1. The molecule has 3 aromatic rings. The van der Waals surface area contributed by atoms with Gasteiger partial charge in [0.2, 0.25) is 0 Å². The molecule has 0 aliphatic carbocycles. The van der Waals surface area contributed by atoms with Crippen LogP contribution in [0.4, 0.5) is 0 Å². The number of nitriles is 1. The highest BCUT2D eigenvalue weighted by atomic mass is 127. The third kappa shape index (κ3) is 3.91. The highest BCUT2D eigenvalue weighted by Gasteiger charge is 2.09. The molecule has 5 heteroatoms. The molecular formula is C20H16IN3O. The van der Waals surface area contributed by atoms with Crippen molar-refractivity contribution in [2.75, 3.05) is 6.61 Å². The Kier molecular flexibility index (Phi) is 5.19. The van der Waals surface area contributed by atoms with Gasteiger partial charge >= 0.3 is 0 Å². The van der Waals surface area contributed by atoms with E-state index in [9.17, 15) is 5.26 Å². The smallest absolute Gasteiger partial charge is 0.149 e. The van der Waals surface area contributed by atoms with E-state index in [0.29, 0.717) is 18.0 Å². The van der Waals surface area contributed by atoms with Crippen molar-refractivity contribution in [1.29, 1.82) is 5.26 Å². The number of hydrogen-bond donors (Lipinski definition) is 1. The van der Waals surface area contributed by atoms with Gasteiger partial charge in [-0.15, -0.1) is 0 Å². The molecule has 0 aliphatic heterocycles. The summed E-state index contributed by atoms with van der Waals surface area (Å²) in [6.07, 6.45) is 3.53. The van der Waals surface area contributed by atoms with Crippen LogP contribution in [0.1, 0.15) is 17.0 Å². The van der Waals surface area contributed by atoms with Gasteiger partial charge in [0.1, 0.15) is 24.3 Å². The second kappa shape index (κ2) is 7.53. The summed E-state index contributed by atoms with van der Waals surface area (Å²) in [5, 5.41) is 9.54. The van der Waals surface area contributed by atoms with Crippen molar-refractivity contribution in [1.82, 2.24) is 9.97 Å². The van der Waals surface area contributed by atoms with Crippen molar-refractivity contribution in [3.05, 3.63) is 69.6 Å². The number of rotatable bonds is 5. The molecular weight excluding hydrogens is 425 g/mol. The molecule has 4 nitrogen and oxygen atoms in total. The molecule has 0 fully saturated rings. The topological polar surface area (TPSA) is 61.7 Å². The Hall–Kier alpha value is -2.59. The van der Waals surface area contributed by atoms with Gasteiger partial charge in [0.05, 0.1) is 20.2 Å². The van der Waals surface area contributed by atoms with Gasteiger partial charge in [0.15, 0.2) is 0 Å². The molecule has 124 valence electrons. The van der Waals surface area contributed by atoms with E-state index in [1.54, 1.807) is 6.08 Å². The number of allylic oxidation sites excluding steroid dienone is 1. The Balaban J connectivity index is 1.95. The lowest BCUT2D eigenvalue weighted by Gasteiger charge is -2.06. The first-order valence-corrected chi connectivity index (χ1v) is 8.80. The molecule has 0 amide bonds. The maximum atomic E-state index is 9.54. The summed E-state index contributed by atoms with van der Waals surface area (Å²) in [7, 11) is 0. The van der Waals surface area contributed by atoms with Gasteiger partial charge in [-0.3, -0.25) is 0 Å². The van der Waals surface area contributed by atoms with Crippen LogP contribution >= 0.6 is 22.6 Å². The second-order valence-corrected chi connectivity index (χ2v) is 6.73. The number of halogens is 1. The van der Waals surface area contributed by atoms with Crippen molar-refractivity contribution in [3.63, 3.8) is 0 Å². The molecule has 3 rings (SSSR count). The van der Waals surface area contributed by atoms with Crippen molar-refractivity contribution in [2.45, 2.75) is 6.92 Å². The van der Waals surface area contributed by atoms with E-state index >= 15 is 0 Å². The van der Waals surface area contributed by atoms with Crippen LogP contribution in [-0.4, -0.2) is 16.6 Å². The van der Waals surface area contributed by atoms with Crippen LogP contribution in [0.2, 0.25) is 0 Å². The summed E-state index contributed by atoms with van der Waals surface area (Å²) >= 11 is 2.22. The Morgan fingerprint density at radius 2 is 2.20 bits per heavy atom. The monoisotopic (exact) mass is 441 g/mol. The van der Waals surface area contributed by atoms with Crippen LogP contribution in [0.25, 0.3) is 22.7 Å². The SMILES string of the molecule is C=CCOc1ccc(C=C(C#N)c2nc3ccc(C)cc3[nH]2)cc1I. The lowest BCUT2D eigenvalue weighted by Crippen LogP contribution is -1.95. The summed E-state index contributed by atoms with van der Waals surface area (Å²) in [6, 6.07) is 14.0. The van der Waals surface area contributed by atoms with E-state index in [2.05, 4.69) is 45.2 Å². The van der Waals surface area contributed by atoms with Gasteiger partial charge in [-0.25, -0.2) is 4.98 Å². The lowest BCUT2D eigenvalue weighted by molar-refractivity contribution is 0.360. The first kappa shape index (κ1) is 17.2. The zero-order chi connectivity index (χ0) is 17.8. The third-order valence-corrected chi connectivity index (χ3v) is 4.48. The van der Waals surface area contributed by atoms with Gasteiger partial charge in [0, 0.05) is 0 Å². The number of fused-ring (bicyclic) bond motifs is 1. The first-order chi connectivity index (χ1) is 12.1. The minimum atomic E-state index is 0.465. The Labute approximate surface area is 160 Å². The van der Waals surface area contributed by atoms with Crippen LogP contribution in [-0.2, 0) is 0 Å². The molecule has 1 aromatic heterocycles. The number of H-pyrrole nitrogens is 1. The first-order valence-electron chi connectivity index (χ1n) is 7.72. The number of hydrogen-bond acceptors (Lipinski definition) is 3. The maximum Gasteiger partial charge on any atom is 0.149 e. The number of benzene rings is 2. The number of ether oxygens (including phenoxy) is 1. The molecule has 0 radical (unpaired) electrons. The van der Waals surface area contributed by atoms with Crippen LogP contribution in [0.15, 0.2) is 49.1 Å². The molecule has 0 unspecified atom stereocenters. The van der Waals surface area contributed by atoms with E-state index in [4.69, 9.17) is 4.74 Å².